The number of hydrogen-bond acceptors (Lipinski definition) is 4. The summed E-state index contributed by atoms with van der Waals surface area (Å²) in [6, 6.07) is 1.71. The highest BCUT2D eigenvalue weighted by molar-refractivity contribution is 7.51. The fraction of sp³-hybridized carbons (Fsp3) is 0.333. The number of aryl methyl sites for hydroxylation is 1. The highest BCUT2D eigenvalue weighted by Gasteiger charge is 2.30. The number of amides is 1. The van der Waals surface area contributed by atoms with Crippen LogP contribution in [0.2, 0.25) is 0 Å². The van der Waals surface area contributed by atoms with Crippen LogP contribution in [0, 0.1) is 12.8 Å². The predicted molar refractivity (Wildman–Crippen MR) is 111 cm³/mol. The number of rotatable bonds is 2. The summed E-state index contributed by atoms with van der Waals surface area (Å²) < 4.78 is 1.83. The van der Waals surface area contributed by atoms with E-state index in [0.29, 0.717) is 20.1 Å². The lowest BCUT2D eigenvalue weighted by Gasteiger charge is -2.36. The lowest BCUT2D eigenvalue weighted by Crippen LogP contribution is -2.37. The van der Waals surface area contributed by atoms with Crippen molar-refractivity contribution < 1.29 is 9.90 Å². The van der Waals surface area contributed by atoms with E-state index in [0.717, 1.165) is 42.5 Å². The van der Waals surface area contributed by atoms with Gasteiger partial charge in [-0.3, -0.25) is 4.79 Å². The number of imidazole rings is 1. The van der Waals surface area contributed by atoms with Crippen molar-refractivity contribution in [2.75, 3.05) is 13.1 Å². The number of piperidine rings is 1. The fourth-order valence-electron chi connectivity index (χ4n) is 4.21. The van der Waals surface area contributed by atoms with Crippen molar-refractivity contribution in [2.24, 2.45) is 5.92 Å². The van der Waals surface area contributed by atoms with Crippen molar-refractivity contribution in [3.05, 3.63) is 59.7 Å². The molecule has 1 fully saturated rings. The molecule has 2 N–H and O–H groups in total. The van der Waals surface area contributed by atoms with Crippen LogP contribution in [-0.4, -0.2) is 44.2 Å². The van der Waals surface area contributed by atoms with Crippen molar-refractivity contribution in [1.29, 1.82) is 0 Å². The minimum absolute atomic E-state index is 0.0101. The molecule has 6 nitrogen and oxygen atoms in total. The van der Waals surface area contributed by atoms with Gasteiger partial charge in [0.2, 0.25) is 0 Å². The fourth-order valence-corrected chi connectivity index (χ4v) is 5.57. The van der Waals surface area contributed by atoms with Gasteiger partial charge in [0, 0.05) is 30.2 Å². The second-order valence-corrected chi connectivity index (χ2v) is 9.05. The Labute approximate surface area is 165 Å². The van der Waals surface area contributed by atoms with Gasteiger partial charge in [-0.2, -0.15) is 0 Å². The summed E-state index contributed by atoms with van der Waals surface area (Å²) >= 11 is 0. The molecule has 0 radical (unpaired) electrons. The third-order valence-electron chi connectivity index (χ3n) is 5.66. The second-order valence-electron chi connectivity index (χ2n) is 7.63. The Morgan fingerprint density at radius 3 is 2.93 bits per heavy atom. The molecule has 144 valence electrons. The van der Waals surface area contributed by atoms with E-state index in [1.807, 2.05) is 28.6 Å². The Balaban J connectivity index is 1.45. The number of carbonyl (C=O) groups excluding carboxylic acids is 1. The van der Waals surface area contributed by atoms with Gasteiger partial charge < -0.3 is 19.7 Å². The molecule has 28 heavy (non-hydrogen) atoms. The summed E-state index contributed by atoms with van der Waals surface area (Å²) in [6.07, 6.45) is 14.2. The van der Waals surface area contributed by atoms with Crippen LogP contribution < -0.4 is 5.32 Å². The largest absolute Gasteiger partial charge is 0.504 e. The molecule has 0 aromatic carbocycles. The van der Waals surface area contributed by atoms with Crippen molar-refractivity contribution in [2.45, 2.75) is 25.5 Å². The second kappa shape index (κ2) is 6.87. The summed E-state index contributed by atoms with van der Waals surface area (Å²) in [7, 11) is 0.436. The number of nitrogens with one attached hydrogen (secondary N) is 1. The van der Waals surface area contributed by atoms with Gasteiger partial charge in [-0.05, 0) is 55.7 Å². The summed E-state index contributed by atoms with van der Waals surface area (Å²) in [4.78, 5) is 19.1. The zero-order valence-corrected chi connectivity index (χ0v) is 16.7. The van der Waals surface area contributed by atoms with Crippen molar-refractivity contribution in [3.63, 3.8) is 0 Å². The molecular formula is C21H23N4O2P. The number of aromatic nitrogens is 2. The van der Waals surface area contributed by atoms with Crippen LogP contribution in [0.5, 0.6) is 5.75 Å². The summed E-state index contributed by atoms with van der Waals surface area (Å²) in [5.74, 6) is 0.735. The molecule has 2 aromatic rings. The number of fused-ring (bicyclic) bond motifs is 2. The maximum atomic E-state index is 12.9. The number of hydrogen-bond donors (Lipinski definition) is 2. The minimum atomic E-state index is 0.0101. The van der Waals surface area contributed by atoms with E-state index in [2.05, 4.69) is 28.7 Å². The molecule has 7 heteroatoms. The molecule has 0 aliphatic carbocycles. The third kappa shape index (κ3) is 3.07. The van der Waals surface area contributed by atoms with Crippen LogP contribution in [0.4, 0.5) is 0 Å². The molecule has 3 aliphatic rings. The molecule has 0 saturated carbocycles. The van der Waals surface area contributed by atoms with Crippen LogP contribution in [-0.2, 0) is 4.79 Å². The zero-order valence-electron chi connectivity index (χ0n) is 15.7. The van der Waals surface area contributed by atoms with E-state index in [4.69, 9.17) is 0 Å². The van der Waals surface area contributed by atoms with Crippen LogP contribution in [0.15, 0.2) is 48.5 Å². The van der Waals surface area contributed by atoms with E-state index in [1.165, 1.54) is 5.57 Å². The van der Waals surface area contributed by atoms with Gasteiger partial charge in [0.25, 0.3) is 5.91 Å². The maximum absolute atomic E-state index is 12.9. The van der Waals surface area contributed by atoms with E-state index < -0.39 is 0 Å². The van der Waals surface area contributed by atoms with E-state index >= 15 is 0 Å². The molecule has 5 rings (SSSR count). The lowest BCUT2D eigenvalue weighted by molar-refractivity contribution is -0.123. The summed E-state index contributed by atoms with van der Waals surface area (Å²) in [6.45, 7) is 3.98. The quantitative estimate of drug-likeness (QED) is 0.769. The van der Waals surface area contributed by atoms with Gasteiger partial charge in [0.1, 0.15) is 0 Å². The van der Waals surface area contributed by atoms with Gasteiger partial charge in [-0.1, -0.05) is 20.7 Å². The molecule has 5 heterocycles. The maximum Gasteiger partial charge on any atom is 0.252 e. The SMILES string of the molecule is Cc1cn2cc(C3=CC(=O)N4C=C(C5CCNCC5)C=CC4P3)cc(O)c2n1. The minimum Gasteiger partial charge on any atom is -0.504 e. The number of nitrogens with zero attached hydrogens (tertiary/aromatic N) is 3. The highest BCUT2D eigenvalue weighted by Crippen LogP contribution is 2.46. The molecule has 0 spiro atoms. The number of carbonyl (C=O) groups is 1. The molecule has 3 aliphatic heterocycles. The van der Waals surface area contributed by atoms with Crippen LogP contribution in [0.3, 0.4) is 0 Å². The molecular weight excluding hydrogens is 371 g/mol. The van der Waals surface area contributed by atoms with E-state index in [-0.39, 0.29) is 17.4 Å². The smallest absolute Gasteiger partial charge is 0.252 e. The molecule has 1 amide bonds. The molecule has 2 atom stereocenters. The standard InChI is InChI=1S/C21H23N4O2P/c1-13-10-24-11-16(8-17(26)21(24)23-13)18-9-19(27)25-12-15(2-3-20(25)28-18)14-4-6-22-7-5-14/h2-3,8-12,14,20,22,26,28H,4-7H2,1H3. The lowest BCUT2D eigenvalue weighted by atomic mass is 9.89. The van der Waals surface area contributed by atoms with E-state index in [9.17, 15) is 9.90 Å². The predicted octanol–water partition coefficient (Wildman–Crippen LogP) is 2.99. The van der Waals surface area contributed by atoms with Crippen LogP contribution >= 0.6 is 8.58 Å². The van der Waals surface area contributed by atoms with Gasteiger partial charge in [0.05, 0.1) is 11.5 Å². The van der Waals surface area contributed by atoms with Gasteiger partial charge in [-0.15, -0.1) is 0 Å². The first-order valence-corrected chi connectivity index (χ1v) is 10.8. The Bertz CT molecular complexity index is 1050. The van der Waals surface area contributed by atoms with Gasteiger partial charge in [-0.25, -0.2) is 4.98 Å². The first kappa shape index (κ1) is 17.7. The zero-order chi connectivity index (χ0) is 19.3. The Morgan fingerprint density at radius 1 is 1.29 bits per heavy atom. The van der Waals surface area contributed by atoms with Crippen molar-refractivity contribution >= 4 is 25.4 Å². The first-order chi connectivity index (χ1) is 13.6. The molecule has 2 unspecified atom stereocenters. The van der Waals surface area contributed by atoms with Gasteiger partial charge in [0.15, 0.2) is 11.4 Å². The first-order valence-electron chi connectivity index (χ1n) is 9.68. The Hall–Kier alpha value is -2.43. The number of aromatic hydroxyl groups is 1. The Kier molecular flexibility index (Phi) is 4.33. The summed E-state index contributed by atoms with van der Waals surface area (Å²) in [5.41, 5.74) is 3.53. The van der Waals surface area contributed by atoms with E-state index in [1.54, 1.807) is 12.1 Å². The monoisotopic (exact) mass is 394 g/mol. The summed E-state index contributed by atoms with van der Waals surface area (Å²) in [5, 5.41) is 14.7. The van der Waals surface area contributed by atoms with Crippen LogP contribution in [0.1, 0.15) is 24.1 Å². The van der Waals surface area contributed by atoms with Crippen molar-refractivity contribution in [3.8, 4) is 5.75 Å². The highest BCUT2D eigenvalue weighted by atomic mass is 31.1. The van der Waals surface area contributed by atoms with Crippen LogP contribution in [0.25, 0.3) is 11.0 Å². The Morgan fingerprint density at radius 2 is 2.11 bits per heavy atom. The van der Waals surface area contributed by atoms with Crippen molar-refractivity contribution in [1.82, 2.24) is 19.6 Å². The number of allylic oxidation sites excluding steroid dienone is 2. The third-order valence-corrected chi connectivity index (χ3v) is 7.17. The van der Waals surface area contributed by atoms with Gasteiger partial charge >= 0.3 is 0 Å². The topological polar surface area (TPSA) is 69.9 Å². The molecule has 0 bridgehead atoms. The normalized spacial score (nSPS) is 23.8. The average molecular weight is 394 g/mol. The molecule has 2 aromatic heterocycles. The number of pyridine rings is 1. The average Bonchev–Trinajstić information content (AvgIpc) is 3.09. The molecule has 1 saturated heterocycles.